The number of hydrogen-bond acceptors (Lipinski definition) is 6. The molecule has 0 rings (SSSR count). The first kappa shape index (κ1) is 18.2. The Morgan fingerprint density at radius 2 is 1.82 bits per heavy atom. The Balaban J connectivity index is 0. The summed E-state index contributed by atoms with van der Waals surface area (Å²) >= 11 is 0. The van der Waals surface area contributed by atoms with E-state index in [0.29, 0.717) is 19.6 Å². The lowest BCUT2D eigenvalue weighted by Crippen LogP contribution is -2.18. The quantitative estimate of drug-likeness (QED) is 0.518. The zero-order valence-electron chi connectivity index (χ0n) is 10.6. The predicted molar refractivity (Wildman–Crippen MR) is 61.3 cm³/mol. The first-order chi connectivity index (χ1) is 7.95. The Morgan fingerprint density at radius 3 is 2.12 bits per heavy atom. The molecule has 0 spiro atoms. The number of esters is 2. The van der Waals surface area contributed by atoms with Crippen molar-refractivity contribution in [2.75, 3.05) is 19.8 Å². The van der Waals surface area contributed by atoms with Crippen molar-refractivity contribution in [1.82, 2.24) is 0 Å². The van der Waals surface area contributed by atoms with Crippen LogP contribution in [-0.2, 0) is 19.1 Å². The Labute approximate surface area is 102 Å². The van der Waals surface area contributed by atoms with Crippen molar-refractivity contribution in [3.05, 3.63) is 0 Å². The lowest BCUT2D eigenvalue weighted by atomic mass is 10.3. The number of carbonyl (C=O) groups is 2. The standard InChI is InChI=1S/C6H12O3.C5H10O3/c1-6(8)9-5-3-2-4-7;1-3-8-5(7)4(2)6/h7H,2-5H2,1H3;4,6H,3H2,1-2H3. The SMILES string of the molecule is CC(=O)OCCCCO.CCOC(=O)C(C)O. The van der Waals surface area contributed by atoms with Gasteiger partial charge in [0, 0.05) is 13.5 Å². The second-order valence-electron chi connectivity index (χ2n) is 3.20. The number of ether oxygens (including phenoxy) is 2. The summed E-state index contributed by atoms with van der Waals surface area (Å²) in [6.45, 7) is 5.36. The van der Waals surface area contributed by atoms with E-state index in [-0.39, 0.29) is 12.6 Å². The van der Waals surface area contributed by atoms with E-state index in [4.69, 9.17) is 10.2 Å². The molecule has 6 heteroatoms. The van der Waals surface area contributed by atoms with Crippen molar-refractivity contribution in [1.29, 1.82) is 0 Å². The van der Waals surface area contributed by atoms with Gasteiger partial charge in [-0.05, 0) is 26.7 Å². The molecule has 0 aliphatic carbocycles. The van der Waals surface area contributed by atoms with E-state index >= 15 is 0 Å². The minimum absolute atomic E-state index is 0.168. The van der Waals surface area contributed by atoms with Crippen molar-refractivity contribution >= 4 is 11.9 Å². The molecule has 0 aromatic rings. The molecule has 0 fully saturated rings. The molecule has 1 unspecified atom stereocenters. The molecule has 17 heavy (non-hydrogen) atoms. The van der Waals surface area contributed by atoms with Gasteiger partial charge >= 0.3 is 11.9 Å². The van der Waals surface area contributed by atoms with Gasteiger partial charge in [0.1, 0.15) is 6.10 Å². The number of rotatable bonds is 6. The molecule has 102 valence electrons. The maximum absolute atomic E-state index is 10.3. The van der Waals surface area contributed by atoms with E-state index in [1.807, 2.05) is 0 Å². The predicted octanol–water partition coefficient (Wildman–Crippen LogP) is 0.252. The topological polar surface area (TPSA) is 93.1 Å². The van der Waals surface area contributed by atoms with Crippen molar-refractivity contribution in [3.8, 4) is 0 Å². The largest absolute Gasteiger partial charge is 0.466 e. The van der Waals surface area contributed by atoms with Crippen LogP contribution in [0, 0.1) is 0 Å². The van der Waals surface area contributed by atoms with Crippen LogP contribution in [0.3, 0.4) is 0 Å². The second-order valence-corrected chi connectivity index (χ2v) is 3.20. The molecule has 0 aromatic carbocycles. The van der Waals surface area contributed by atoms with Crippen LogP contribution in [0.5, 0.6) is 0 Å². The molecule has 0 aliphatic heterocycles. The van der Waals surface area contributed by atoms with E-state index in [0.717, 1.165) is 6.42 Å². The highest BCUT2D eigenvalue weighted by molar-refractivity contribution is 5.73. The molecule has 1 atom stereocenters. The van der Waals surface area contributed by atoms with E-state index in [1.54, 1.807) is 6.92 Å². The van der Waals surface area contributed by atoms with Crippen LogP contribution in [0.2, 0.25) is 0 Å². The van der Waals surface area contributed by atoms with E-state index in [2.05, 4.69) is 9.47 Å². The molecule has 6 nitrogen and oxygen atoms in total. The molecule has 0 aliphatic rings. The number of aliphatic hydroxyl groups is 2. The fourth-order valence-electron chi connectivity index (χ4n) is 0.693. The van der Waals surface area contributed by atoms with Gasteiger partial charge in [-0.25, -0.2) is 4.79 Å². The normalized spacial score (nSPS) is 10.9. The molecule has 0 saturated heterocycles. The van der Waals surface area contributed by atoms with Gasteiger partial charge in [0.25, 0.3) is 0 Å². The summed E-state index contributed by atoms with van der Waals surface area (Å²) in [5, 5.41) is 16.8. The zero-order valence-corrected chi connectivity index (χ0v) is 10.6. The molecule has 2 N–H and O–H groups in total. The van der Waals surface area contributed by atoms with E-state index in [1.165, 1.54) is 13.8 Å². The Hall–Kier alpha value is -1.14. The van der Waals surface area contributed by atoms with Crippen LogP contribution < -0.4 is 0 Å². The summed E-state index contributed by atoms with van der Waals surface area (Å²) in [6, 6.07) is 0. The molecular formula is C11H22O6. The van der Waals surface area contributed by atoms with E-state index in [9.17, 15) is 9.59 Å². The van der Waals surface area contributed by atoms with Crippen LogP contribution in [0.25, 0.3) is 0 Å². The van der Waals surface area contributed by atoms with Crippen molar-refractivity contribution in [2.45, 2.75) is 39.7 Å². The lowest BCUT2D eigenvalue weighted by molar-refractivity contribution is -0.151. The maximum atomic E-state index is 10.3. The molecule has 0 bridgehead atoms. The third kappa shape index (κ3) is 17.5. The van der Waals surface area contributed by atoms with Crippen molar-refractivity contribution in [2.24, 2.45) is 0 Å². The Kier molecular flexibility index (Phi) is 13.9. The number of unbranched alkanes of at least 4 members (excludes halogenated alkanes) is 1. The molecular weight excluding hydrogens is 228 g/mol. The Bertz CT molecular complexity index is 202. The molecule has 0 saturated carbocycles. The summed E-state index contributed by atoms with van der Waals surface area (Å²) in [4.78, 5) is 20.4. The first-order valence-electron chi connectivity index (χ1n) is 5.54. The minimum atomic E-state index is -0.991. The highest BCUT2D eigenvalue weighted by Crippen LogP contribution is 1.87. The second kappa shape index (κ2) is 12.9. The van der Waals surface area contributed by atoms with Crippen molar-refractivity contribution < 1.29 is 29.3 Å². The van der Waals surface area contributed by atoms with Gasteiger partial charge in [0.05, 0.1) is 13.2 Å². The molecule has 0 aromatic heterocycles. The average Bonchev–Trinajstić information content (AvgIpc) is 2.25. The van der Waals surface area contributed by atoms with Gasteiger partial charge in [-0.3, -0.25) is 4.79 Å². The summed E-state index contributed by atoms with van der Waals surface area (Å²) < 4.78 is 9.01. The third-order valence-electron chi connectivity index (χ3n) is 1.49. The molecule has 0 amide bonds. The summed E-state index contributed by atoms with van der Waals surface area (Å²) in [6.07, 6.45) is 0.457. The molecule has 0 radical (unpaired) electrons. The zero-order chi connectivity index (χ0) is 13.7. The number of carbonyl (C=O) groups excluding carboxylic acids is 2. The van der Waals surface area contributed by atoms with Crippen LogP contribution in [0.4, 0.5) is 0 Å². The fraction of sp³-hybridized carbons (Fsp3) is 0.818. The van der Waals surface area contributed by atoms with Gasteiger partial charge in [-0.15, -0.1) is 0 Å². The number of aliphatic hydroxyl groups excluding tert-OH is 2. The van der Waals surface area contributed by atoms with E-state index < -0.39 is 12.1 Å². The average molecular weight is 250 g/mol. The van der Waals surface area contributed by atoms with Crippen LogP contribution in [0.15, 0.2) is 0 Å². The monoisotopic (exact) mass is 250 g/mol. The summed E-state index contributed by atoms with van der Waals surface area (Å²) in [5.74, 6) is -0.819. The summed E-state index contributed by atoms with van der Waals surface area (Å²) in [5.41, 5.74) is 0. The first-order valence-corrected chi connectivity index (χ1v) is 5.54. The van der Waals surface area contributed by atoms with Crippen LogP contribution in [-0.4, -0.2) is 48.1 Å². The minimum Gasteiger partial charge on any atom is -0.466 e. The van der Waals surface area contributed by atoms with Crippen LogP contribution in [0.1, 0.15) is 33.6 Å². The smallest absolute Gasteiger partial charge is 0.334 e. The summed E-state index contributed by atoms with van der Waals surface area (Å²) in [7, 11) is 0. The van der Waals surface area contributed by atoms with Gasteiger partial charge in [-0.1, -0.05) is 0 Å². The van der Waals surface area contributed by atoms with Gasteiger partial charge in [-0.2, -0.15) is 0 Å². The van der Waals surface area contributed by atoms with Gasteiger partial charge in [0.15, 0.2) is 0 Å². The highest BCUT2D eigenvalue weighted by atomic mass is 16.5. The Morgan fingerprint density at radius 1 is 1.24 bits per heavy atom. The van der Waals surface area contributed by atoms with Gasteiger partial charge < -0.3 is 19.7 Å². The molecule has 0 heterocycles. The highest BCUT2D eigenvalue weighted by Gasteiger charge is 2.07. The van der Waals surface area contributed by atoms with Crippen LogP contribution >= 0.6 is 0 Å². The maximum Gasteiger partial charge on any atom is 0.334 e. The van der Waals surface area contributed by atoms with Gasteiger partial charge in [0.2, 0.25) is 0 Å². The van der Waals surface area contributed by atoms with Crippen molar-refractivity contribution in [3.63, 3.8) is 0 Å². The lowest BCUT2D eigenvalue weighted by Gasteiger charge is -2.01. The number of hydrogen-bond donors (Lipinski definition) is 2. The fourth-order valence-corrected chi connectivity index (χ4v) is 0.693. The third-order valence-corrected chi connectivity index (χ3v) is 1.49.